The number of hydrogen-bond donors (Lipinski definition) is 0. The fraction of sp³-hybridized carbons (Fsp3) is 0.312. The molecule has 0 N–H and O–H groups in total. The van der Waals surface area contributed by atoms with Crippen molar-refractivity contribution in [3.63, 3.8) is 0 Å². The number of benzene rings is 1. The van der Waals surface area contributed by atoms with Gasteiger partial charge in [-0.1, -0.05) is 30.3 Å². The minimum Gasteiger partial charge on any atom is -0.467 e. The molecule has 1 heterocycles. The van der Waals surface area contributed by atoms with Crippen LogP contribution in [0, 0.1) is 0 Å². The molecule has 0 saturated carbocycles. The first-order valence-electron chi connectivity index (χ1n) is 6.62. The lowest BCUT2D eigenvalue weighted by Gasteiger charge is -2.21. The molecule has 2 rings (SSSR count). The van der Waals surface area contributed by atoms with Crippen LogP contribution in [0.3, 0.4) is 0 Å². The van der Waals surface area contributed by atoms with Gasteiger partial charge in [0.2, 0.25) is 5.91 Å². The van der Waals surface area contributed by atoms with E-state index in [1.165, 1.54) is 0 Å². The third-order valence-electron chi connectivity index (χ3n) is 3.02. The Morgan fingerprint density at radius 2 is 1.95 bits per heavy atom. The molecule has 20 heavy (non-hydrogen) atoms. The van der Waals surface area contributed by atoms with Gasteiger partial charge in [-0.3, -0.25) is 4.79 Å². The van der Waals surface area contributed by atoms with E-state index in [1.54, 1.807) is 18.0 Å². The first-order valence-corrected chi connectivity index (χ1v) is 8.02. The second kappa shape index (κ2) is 7.80. The van der Waals surface area contributed by atoms with Gasteiger partial charge in [-0.05, 0) is 24.0 Å². The van der Waals surface area contributed by atoms with Crippen LogP contribution in [0.2, 0.25) is 0 Å². The van der Waals surface area contributed by atoms with Crippen molar-refractivity contribution in [2.24, 2.45) is 0 Å². The second-order valence-corrected chi connectivity index (χ2v) is 5.54. The van der Waals surface area contributed by atoms with E-state index in [4.69, 9.17) is 4.42 Å². The molecule has 1 aromatic carbocycles. The molecule has 1 amide bonds. The molecule has 2 aromatic rings. The summed E-state index contributed by atoms with van der Waals surface area (Å²) >= 11 is 1.69. The van der Waals surface area contributed by atoms with E-state index in [2.05, 4.69) is 0 Å². The Morgan fingerprint density at radius 1 is 1.15 bits per heavy atom. The van der Waals surface area contributed by atoms with Gasteiger partial charge in [-0.15, -0.1) is 0 Å². The molecule has 4 heteroatoms. The van der Waals surface area contributed by atoms with Crippen molar-refractivity contribution >= 4 is 17.7 Å². The van der Waals surface area contributed by atoms with Crippen LogP contribution in [-0.2, 0) is 17.9 Å². The summed E-state index contributed by atoms with van der Waals surface area (Å²) in [5.41, 5.74) is 1.14. The van der Waals surface area contributed by atoms with Gasteiger partial charge in [0, 0.05) is 18.7 Å². The Balaban J connectivity index is 2.05. The predicted molar refractivity (Wildman–Crippen MR) is 82.4 cm³/mol. The molecule has 0 bridgehead atoms. The summed E-state index contributed by atoms with van der Waals surface area (Å²) in [5.74, 6) is 1.83. The maximum absolute atomic E-state index is 12.3. The van der Waals surface area contributed by atoms with Crippen molar-refractivity contribution in [1.82, 2.24) is 4.90 Å². The van der Waals surface area contributed by atoms with E-state index in [1.807, 2.05) is 53.6 Å². The SMILES string of the molecule is CSCCC(=O)N(Cc1ccccc1)Cc1ccco1. The van der Waals surface area contributed by atoms with Gasteiger partial charge in [0.1, 0.15) is 5.76 Å². The summed E-state index contributed by atoms with van der Waals surface area (Å²) in [7, 11) is 0. The summed E-state index contributed by atoms with van der Waals surface area (Å²) in [6.45, 7) is 1.14. The second-order valence-electron chi connectivity index (χ2n) is 4.56. The molecule has 0 spiro atoms. The zero-order valence-electron chi connectivity index (χ0n) is 11.6. The van der Waals surface area contributed by atoms with Crippen molar-refractivity contribution in [2.75, 3.05) is 12.0 Å². The minimum absolute atomic E-state index is 0.166. The van der Waals surface area contributed by atoms with E-state index >= 15 is 0 Å². The largest absolute Gasteiger partial charge is 0.467 e. The standard InChI is InChI=1S/C16H19NO2S/c1-20-11-9-16(18)17(13-15-8-5-10-19-15)12-14-6-3-2-4-7-14/h2-8,10H,9,11-13H2,1H3. The Kier molecular flexibility index (Phi) is 5.74. The van der Waals surface area contributed by atoms with E-state index in [0.717, 1.165) is 17.1 Å². The highest BCUT2D eigenvalue weighted by Crippen LogP contribution is 2.12. The summed E-state index contributed by atoms with van der Waals surface area (Å²) < 4.78 is 5.36. The predicted octanol–water partition coefficient (Wildman–Crippen LogP) is 3.56. The monoisotopic (exact) mass is 289 g/mol. The zero-order valence-corrected chi connectivity index (χ0v) is 12.4. The number of carbonyl (C=O) groups is 1. The fourth-order valence-corrected chi connectivity index (χ4v) is 2.35. The van der Waals surface area contributed by atoms with Crippen molar-refractivity contribution < 1.29 is 9.21 Å². The summed E-state index contributed by atoms with van der Waals surface area (Å²) in [4.78, 5) is 14.2. The van der Waals surface area contributed by atoms with Crippen molar-refractivity contribution in [3.8, 4) is 0 Å². The van der Waals surface area contributed by atoms with Crippen LogP contribution >= 0.6 is 11.8 Å². The highest BCUT2D eigenvalue weighted by atomic mass is 32.2. The summed E-state index contributed by atoms with van der Waals surface area (Å²) in [6.07, 6.45) is 4.22. The number of hydrogen-bond acceptors (Lipinski definition) is 3. The van der Waals surface area contributed by atoms with Crippen molar-refractivity contribution in [3.05, 3.63) is 60.1 Å². The maximum Gasteiger partial charge on any atom is 0.224 e. The van der Waals surface area contributed by atoms with Crippen LogP contribution in [0.1, 0.15) is 17.7 Å². The van der Waals surface area contributed by atoms with Crippen LogP contribution in [0.25, 0.3) is 0 Å². The molecule has 0 aliphatic rings. The van der Waals surface area contributed by atoms with Crippen molar-refractivity contribution in [1.29, 1.82) is 0 Å². The summed E-state index contributed by atoms with van der Waals surface area (Å²) in [6, 6.07) is 13.8. The topological polar surface area (TPSA) is 33.5 Å². The number of thioether (sulfide) groups is 1. The number of amides is 1. The van der Waals surface area contributed by atoms with E-state index in [9.17, 15) is 4.79 Å². The highest BCUT2D eigenvalue weighted by Gasteiger charge is 2.15. The molecule has 0 atom stereocenters. The number of carbonyl (C=O) groups excluding carboxylic acids is 1. The Labute approximate surface area is 124 Å². The third kappa shape index (κ3) is 4.46. The van der Waals surface area contributed by atoms with Gasteiger partial charge < -0.3 is 9.32 Å². The highest BCUT2D eigenvalue weighted by molar-refractivity contribution is 7.98. The Morgan fingerprint density at radius 3 is 2.60 bits per heavy atom. The number of nitrogens with zero attached hydrogens (tertiary/aromatic N) is 1. The lowest BCUT2D eigenvalue weighted by atomic mass is 10.2. The van der Waals surface area contributed by atoms with Gasteiger partial charge >= 0.3 is 0 Å². The molecule has 3 nitrogen and oxygen atoms in total. The maximum atomic E-state index is 12.3. The van der Waals surface area contributed by atoms with Crippen LogP contribution < -0.4 is 0 Å². The van der Waals surface area contributed by atoms with Gasteiger partial charge in [0.25, 0.3) is 0 Å². The normalized spacial score (nSPS) is 10.4. The van der Waals surface area contributed by atoms with Crippen LogP contribution in [-0.4, -0.2) is 22.8 Å². The first-order chi connectivity index (χ1) is 9.79. The lowest BCUT2D eigenvalue weighted by molar-refractivity contribution is -0.132. The molecule has 0 radical (unpaired) electrons. The van der Waals surface area contributed by atoms with Gasteiger partial charge in [0.05, 0.1) is 12.8 Å². The Bertz CT molecular complexity index is 511. The molecule has 0 saturated heterocycles. The number of rotatable bonds is 7. The van der Waals surface area contributed by atoms with Crippen LogP contribution in [0.4, 0.5) is 0 Å². The molecule has 0 fully saturated rings. The third-order valence-corrected chi connectivity index (χ3v) is 3.63. The Hall–Kier alpha value is -1.68. The molecule has 1 aromatic heterocycles. The number of furan rings is 1. The molecular formula is C16H19NO2S. The van der Waals surface area contributed by atoms with Crippen LogP contribution in [0.5, 0.6) is 0 Å². The molecule has 0 aliphatic heterocycles. The van der Waals surface area contributed by atoms with Crippen LogP contribution in [0.15, 0.2) is 53.1 Å². The van der Waals surface area contributed by atoms with E-state index < -0.39 is 0 Å². The van der Waals surface area contributed by atoms with Gasteiger partial charge in [0.15, 0.2) is 0 Å². The fourth-order valence-electron chi connectivity index (χ4n) is 1.97. The van der Waals surface area contributed by atoms with Gasteiger partial charge in [-0.2, -0.15) is 11.8 Å². The summed E-state index contributed by atoms with van der Waals surface area (Å²) in [5, 5.41) is 0. The van der Waals surface area contributed by atoms with E-state index in [-0.39, 0.29) is 5.91 Å². The molecular weight excluding hydrogens is 270 g/mol. The van der Waals surface area contributed by atoms with E-state index in [0.29, 0.717) is 19.5 Å². The van der Waals surface area contributed by atoms with Gasteiger partial charge in [-0.25, -0.2) is 0 Å². The smallest absolute Gasteiger partial charge is 0.224 e. The molecule has 106 valence electrons. The molecule has 0 unspecified atom stereocenters. The quantitative estimate of drug-likeness (QED) is 0.781. The average molecular weight is 289 g/mol. The lowest BCUT2D eigenvalue weighted by Crippen LogP contribution is -2.30. The minimum atomic E-state index is 0.166. The molecule has 0 aliphatic carbocycles. The zero-order chi connectivity index (χ0) is 14.2. The average Bonchev–Trinajstić information content (AvgIpc) is 2.98. The first kappa shape index (κ1) is 14.7. The van der Waals surface area contributed by atoms with Crippen molar-refractivity contribution in [2.45, 2.75) is 19.5 Å².